The molecule has 0 radical (unpaired) electrons. The molecule has 0 aliphatic carbocycles. The van der Waals surface area contributed by atoms with Gasteiger partial charge >= 0.3 is 5.97 Å². The Morgan fingerprint density at radius 1 is 1.57 bits per heavy atom. The first-order valence-electron chi connectivity index (χ1n) is 4.61. The van der Waals surface area contributed by atoms with Crippen LogP contribution < -0.4 is 10.5 Å². The lowest BCUT2D eigenvalue weighted by Gasteiger charge is -2.06. The highest BCUT2D eigenvalue weighted by atomic mass is 16.5. The topological polar surface area (TPSA) is 52.3 Å². The van der Waals surface area contributed by atoms with E-state index in [2.05, 4.69) is 0 Å². The zero-order valence-electron chi connectivity index (χ0n) is 8.49. The Kier molecular flexibility index (Phi) is 3.65. The van der Waals surface area contributed by atoms with Crippen LogP contribution in [0, 0.1) is 0 Å². The number of hydrogen-bond acceptors (Lipinski definition) is 3. The molecule has 2 N–H and O–H groups in total. The summed E-state index contributed by atoms with van der Waals surface area (Å²) in [5.41, 5.74) is 6.75. The van der Waals surface area contributed by atoms with Gasteiger partial charge in [0.05, 0.1) is 0 Å². The van der Waals surface area contributed by atoms with E-state index in [1.54, 1.807) is 6.07 Å². The molecule has 0 aliphatic heterocycles. The molecule has 0 aromatic heterocycles. The third-order valence-electron chi connectivity index (χ3n) is 1.72. The van der Waals surface area contributed by atoms with E-state index in [0.29, 0.717) is 5.75 Å². The number of rotatable bonds is 3. The fraction of sp³-hybridized carbons (Fsp3) is 0.364. The normalized spacial score (nSPS) is 12.2. The molecule has 0 heterocycles. The molecule has 3 nitrogen and oxygen atoms in total. The van der Waals surface area contributed by atoms with Crippen LogP contribution in [0.1, 0.15) is 19.4 Å². The third kappa shape index (κ3) is 3.58. The van der Waals surface area contributed by atoms with Crippen molar-refractivity contribution < 1.29 is 9.53 Å². The monoisotopic (exact) mass is 193 g/mol. The summed E-state index contributed by atoms with van der Waals surface area (Å²) in [4.78, 5) is 10.7. The molecule has 0 unspecified atom stereocenters. The van der Waals surface area contributed by atoms with Crippen molar-refractivity contribution in [1.29, 1.82) is 0 Å². The SMILES string of the molecule is CC(=O)Oc1cccc(C[C@H](C)N)c1. The van der Waals surface area contributed by atoms with Crippen molar-refractivity contribution in [2.45, 2.75) is 26.3 Å². The lowest BCUT2D eigenvalue weighted by molar-refractivity contribution is -0.131. The summed E-state index contributed by atoms with van der Waals surface area (Å²) >= 11 is 0. The molecule has 1 aromatic carbocycles. The quantitative estimate of drug-likeness (QED) is 0.584. The number of carbonyl (C=O) groups is 1. The average Bonchev–Trinajstić information content (AvgIpc) is 2.01. The van der Waals surface area contributed by atoms with E-state index in [0.717, 1.165) is 12.0 Å². The first-order chi connectivity index (χ1) is 6.58. The van der Waals surface area contributed by atoms with Crippen LogP contribution in [0.15, 0.2) is 24.3 Å². The molecule has 0 amide bonds. The molecule has 1 rings (SSSR count). The third-order valence-corrected chi connectivity index (χ3v) is 1.72. The zero-order valence-corrected chi connectivity index (χ0v) is 8.49. The Balaban J connectivity index is 2.73. The van der Waals surface area contributed by atoms with E-state index < -0.39 is 0 Å². The van der Waals surface area contributed by atoms with Crippen LogP contribution in [-0.4, -0.2) is 12.0 Å². The largest absolute Gasteiger partial charge is 0.427 e. The summed E-state index contributed by atoms with van der Waals surface area (Å²) in [5, 5.41) is 0. The predicted octanol–water partition coefficient (Wildman–Crippen LogP) is 1.50. The summed E-state index contributed by atoms with van der Waals surface area (Å²) in [6.07, 6.45) is 0.787. The van der Waals surface area contributed by atoms with Gasteiger partial charge in [0.25, 0.3) is 0 Å². The second kappa shape index (κ2) is 4.77. The lowest BCUT2D eigenvalue weighted by Crippen LogP contribution is -2.17. The van der Waals surface area contributed by atoms with Crippen molar-refractivity contribution in [1.82, 2.24) is 0 Å². The van der Waals surface area contributed by atoms with Crippen molar-refractivity contribution in [3.63, 3.8) is 0 Å². The van der Waals surface area contributed by atoms with Gasteiger partial charge in [-0.1, -0.05) is 12.1 Å². The van der Waals surface area contributed by atoms with Gasteiger partial charge in [-0.05, 0) is 31.0 Å². The van der Waals surface area contributed by atoms with Gasteiger partial charge < -0.3 is 10.5 Å². The molecule has 3 heteroatoms. The van der Waals surface area contributed by atoms with E-state index in [9.17, 15) is 4.79 Å². The molecule has 1 atom stereocenters. The van der Waals surface area contributed by atoms with Gasteiger partial charge in [0.15, 0.2) is 0 Å². The first-order valence-corrected chi connectivity index (χ1v) is 4.61. The van der Waals surface area contributed by atoms with E-state index in [1.165, 1.54) is 6.92 Å². The zero-order chi connectivity index (χ0) is 10.6. The molecule has 0 saturated carbocycles. The lowest BCUT2D eigenvalue weighted by atomic mass is 10.1. The van der Waals surface area contributed by atoms with Gasteiger partial charge in [-0.2, -0.15) is 0 Å². The Hall–Kier alpha value is -1.35. The van der Waals surface area contributed by atoms with E-state index >= 15 is 0 Å². The highest BCUT2D eigenvalue weighted by Crippen LogP contribution is 2.14. The molecular weight excluding hydrogens is 178 g/mol. The van der Waals surface area contributed by atoms with Gasteiger partial charge in [-0.15, -0.1) is 0 Å². The number of ether oxygens (including phenoxy) is 1. The van der Waals surface area contributed by atoms with E-state index in [1.807, 2.05) is 25.1 Å². The smallest absolute Gasteiger partial charge is 0.308 e. The molecule has 76 valence electrons. The van der Waals surface area contributed by atoms with Crippen molar-refractivity contribution in [2.24, 2.45) is 5.73 Å². The molecule has 0 aliphatic rings. The summed E-state index contributed by atoms with van der Waals surface area (Å²) in [6, 6.07) is 7.53. The highest BCUT2D eigenvalue weighted by Gasteiger charge is 2.01. The van der Waals surface area contributed by atoms with Crippen molar-refractivity contribution in [3.8, 4) is 5.75 Å². The maximum atomic E-state index is 10.7. The van der Waals surface area contributed by atoms with Gasteiger partial charge in [-0.25, -0.2) is 0 Å². The minimum absolute atomic E-state index is 0.113. The molecule has 1 aromatic rings. The fourth-order valence-corrected chi connectivity index (χ4v) is 1.27. The molecule has 0 saturated heterocycles. The predicted molar refractivity (Wildman–Crippen MR) is 55.1 cm³/mol. The Morgan fingerprint density at radius 3 is 2.86 bits per heavy atom. The second-order valence-corrected chi connectivity index (χ2v) is 3.42. The van der Waals surface area contributed by atoms with E-state index in [4.69, 9.17) is 10.5 Å². The van der Waals surface area contributed by atoms with Crippen molar-refractivity contribution >= 4 is 5.97 Å². The van der Waals surface area contributed by atoms with Crippen LogP contribution >= 0.6 is 0 Å². The van der Waals surface area contributed by atoms with Gasteiger partial charge in [0.2, 0.25) is 0 Å². The average molecular weight is 193 g/mol. The maximum Gasteiger partial charge on any atom is 0.308 e. The van der Waals surface area contributed by atoms with E-state index in [-0.39, 0.29) is 12.0 Å². The Morgan fingerprint density at radius 2 is 2.29 bits per heavy atom. The minimum atomic E-state index is -0.303. The minimum Gasteiger partial charge on any atom is -0.427 e. The molecular formula is C11H15NO2. The number of nitrogens with two attached hydrogens (primary N) is 1. The van der Waals surface area contributed by atoms with Crippen molar-refractivity contribution in [3.05, 3.63) is 29.8 Å². The highest BCUT2D eigenvalue weighted by molar-refractivity contribution is 5.69. The Labute approximate surface area is 83.9 Å². The maximum absolute atomic E-state index is 10.7. The number of esters is 1. The van der Waals surface area contributed by atoms with Crippen molar-refractivity contribution in [2.75, 3.05) is 0 Å². The number of hydrogen-bond donors (Lipinski definition) is 1. The summed E-state index contributed by atoms with van der Waals surface area (Å²) in [5.74, 6) is 0.276. The van der Waals surface area contributed by atoms with Crippen LogP contribution in [0.2, 0.25) is 0 Å². The number of benzene rings is 1. The van der Waals surface area contributed by atoms with Crippen LogP contribution in [0.3, 0.4) is 0 Å². The standard InChI is InChI=1S/C11H15NO2/c1-8(12)6-10-4-3-5-11(7-10)14-9(2)13/h3-5,7-8H,6,12H2,1-2H3/t8-/m0/s1. The molecule has 0 bridgehead atoms. The summed E-state index contributed by atoms with van der Waals surface area (Å²) in [6.45, 7) is 3.33. The van der Waals surface area contributed by atoms with Crippen LogP contribution in [0.5, 0.6) is 5.75 Å². The summed E-state index contributed by atoms with van der Waals surface area (Å²) in [7, 11) is 0. The van der Waals surface area contributed by atoms with Crippen LogP contribution in [-0.2, 0) is 11.2 Å². The molecule has 14 heavy (non-hydrogen) atoms. The molecule has 0 fully saturated rings. The molecule has 0 spiro atoms. The summed E-state index contributed by atoms with van der Waals surface area (Å²) < 4.78 is 4.96. The fourth-order valence-electron chi connectivity index (χ4n) is 1.27. The first kappa shape index (κ1) is 10.7. The van der Waals surface area contributed by atoms with Crippen LogP contribution in [0.4, 0.5) is 0 Å². The van der Waals surface area contributed by atoms with Gasteiger partial charge in [-0.3, -0.25) is 4.79 Å². The van der Waals surface area contributed by atoms with Gasteiger partial charge in [0, 0.05) is 13.0 Å². The van der Waals surface area contributed by atoms with Gasteiger partial charge in [0.1, 0.15) is 5.75 Å². The Bertz CT molecular complexity index is 321. The second-order valence-electron chi connectivity index (χ2n) is 3.42. The number of carbonyl (C=O) groups excluding carboxylic acids is 1. The van der Waals surface area contributed by atoms with Crippen LogP contribution in [0.25, 0.3) is 0 Å².